The van der Waals surface area contributed by atoms with Gasteiger partial charge in [0, 0.05) is 23.2 Å². The molecule has 1 atom stereocenters. The van der Waals surface area contributed by atoms with Gasteiger partial charge in [0.25, 0.3) is 0 Å². The summed E-state index contributed by atoms with van der Waals surface area (Å²) in [7, 11) is 0. The van der Waals surface area contributed by atoms with Crippen LogP contribution in [0.1, 0.15) is 23.7 Å². The van der Waals surface area contributed by atoms with Crippen LogP contribution in [0.25, 0.3) is 10.6 Å². The van der Waals surface area contributed by atoms with E-state index in [1.165, 1.54) is 0 Å². The molecule has 4 nitrogen and oxygen atoms in total. The van der Waals surface area contributed by atoms with E-state index in [4.69, 9.17) is 9.72 Å². The van der Waals surface area contributed by atoms with Crippen LogP contribution in [-0.2, 0) is 4.74 Å². The van der Waals surface area contributed by atoms with Gasteiger partial charge in [-0.2, -0.15) is 0 Å². The SMILES string of the molecule is CCOC(=O)c1ccc(N(CC2C=CC=CC2)c2csc(-c3ccccc3)n2)cc1. The number of ether oxygens (including phenoxy) is 1. The van der Waals surface area contributed by atoms with E-state index >= 15 is 0 Å². The van der Waals surface area contributed by atoms with Crippen molar-refractivity contribution in [3.05, 3.63) is 89.8 Å². The number of rotatable bonds is 7. The van der Waals surface area contributed by atoms with Crippen molar-refractivity contribution in [3.8, 4) is 10.6 Å². The highest BCUT2D eigenvalue weighted by Crippen LogP contribution is 2.33. The molecule has 1 aromatic heterocycles. The van der Waals surface area contributed by atoms with Gasteiger partial charge < -0.3 is 9.64 Å². The number of anilines is 2. The summed E-state index contributed by atoms with van der Waals surface area (Å²) >= 11 is 1.64. The Labute approximate surface area is 181 Å². The van der Waals surface area contributed by atoms with Gasteiger partial charge in [0.2, 0.25) is 0 Å². The molecule has 152 valence electrons. The number of allylic oxidation sites excluding steroid dienone is 3. The number of benzene rings is 2. The number of esters is 1. The summed E-state index contributed by atoms with van der Waals surface area (Å²) in [6.07, 6.45) is 9.63. The number of aromatic nitrogens is 1. The van der Waals surface area contributed by atoms with Crippen molar-refractivity contribution in [3.63, 3.8) is 0 Å². The van der Waals surface area contributed by atoms with E-state index < -0.39 is 0 Å². The monoisotopic (exact) mass is 416 g/mol. The van der Waals surface area contributed by atoms with E-state index in [0.717, 1.165) is 35.0 Å². The molecule has 3 aromatic rings. The van der Waals surface area contributed by atoms with Crippen LogP contribution in [-0.4, -0.2) is 24.1 Å². The van der Waals surface area contributed by atoms with Crippen LogP contribution in [0.4, 0.5) is 11.5 Å². The standard InChI is InChI=1S/C25H24N2O2S/c1-2-29-25(28)21-13-15-22(16-14-21)27(17-19-9-5-3-6-10-19)23-18-30-24(26-23)20-11-7-4-8-12-20/h3-9,11-16,18-19H,2,10,17H2,1H3. The molecule has 0 spiro atoms. The quantitative estimate of drug-likeness (QED) is 0.427. The first-order chi connectivity index (χ1) is 14.7. The molecule has 4 rings (SSSR count). The molecule has 5 heteroatoms. The number of hydrogen-bond donors (Lipinski definition) is 0. The number of carbonyl (C=O) groups is 1. The van der Waals surface area contributed by atoms with Crippen LogP contribution in [0.5, 0.6) is 0 Å². The highest BCUT2D eigenvalue weighted by Gasteiger charge is 2.19. The average molecular weight is 417 g/mol. The van der Waals surface area contributed by atoms with E-state index in [1.807, 2.05) is 49.4 Å². The van der Waals surface area contributed by atoms with Crippen LogP contribution >= 0.6 is 11.3 Å². The lowest BCUT2D eigenvalue weighted by Crippen LogP contribution is -2.25. The third-order valence-corrected chi connectivity index (χ3v) is 5.84. The van der Waals surface area contributed by atoms with Gasteiger partial charge in [0.15, 0.2) is 0 Å². The van der Waals surface area contributed by atoms with Gasteiger partial charge in [-0.15, -0.1) is 11.3 Å². The van der Waals surface area contributed by atoms with Crippen molar-refractivity contribution in [2.75, 3.05) is 18.1 Å². The Morgan fingerprint density at radius 3 is 2.63 bits per heavy atom. The molecule has 1 aliphatic carbocycles. The van der Waals surface area contributed by atoms with Gasteiger partial charge in [0.1, 0.15) is 10.8 Å². The van der Waals surface area contributed by atoms with E-state index in [9.17, 15) is 4.79 Å². The summed E-state index contributed by atoms with van der Waals surface area (Å²) in [5, 5.41) is 3.10. The van der Waals surface area contributed by atoms with Gasteiger partial charge in [-0.1, -0.05) is 54.6 Å². The minimum absolute atomic E-state index is 0.295. The van der Waals surface area contributed by atoms with Gasteiger partial charge in [-0.25, -0.2) is 9.78 Å². The Morgan fingerprint density at radius 2 is 1.93 bits per heavy atom. The summed E-state index contributed by atoms with van der Waals surface area (Å²) in [6.45, 7) is 3.00. The van der Waals surface area contributed by atoms with Crippen molar-refractivity contribution in [2.24, 2.45) is 5.92 Å². The molecule has 0 radical (unpaired) electrons. The Bertz CT molecular complexity index is 1040. The summed E-state index contributed by atoms with van der Waals surface area (Å²) in [6, 6.07) is 17.8. The van der Waals surface area contributed by atoms with Gasteiger partial charge in [0.05, 0.1) is 12.2 Å². The normalized spacial score (nSPS) is 15.2. The van der Waals surface area contributed by atoms with Crippen molar-refractivity contribution in [2.45, 2.75) is 13.3 Å². The molecule has 0 N–H and O–H groups in total. The number of hydrogen-bond acceptors (Lipinski definition) is 5. The second kappa shape index (κ2) is 9.55. The molecule has 0 amide bonds. The molecule has 0 aliphatic heterocycles. The zero-order valence-electron chi connectivity index (χ0n) is 16.9. The average Bonchev–Trinajstić information content (AvgIpc) is 3.29. The molecule has 1 aliphatic rings. The minimum Gasteiger partial charge on any atom is -0.462 e. The van der Waals surface area contributed by atoms with E-state index in [2.05, 4.69) is 46.7 Å². The number of nitrogens with zero attached hydrogens (tertiary/aromatic N) is 2. The fourth-order valence-electron chi connectivity index (χ4n) is 3.43. The number of carbonyl (C=O) groups excluding carboxylic acids is 1. The topological polar surface area (TPSA) is 42.4 Å². The zero-order valence-corrected chi connectivity index (χ0v) is 17.7. The lowest BCUT2D eigenvalue weighted by Gasteiger charge is -2.27. The lowest BCUT2D eigenvalue weighted by molar-refractivity contribution is 0.0526. The maximum atomic E-state index is 12.0. The van der Waals surface area contributed by atoms with Crippen LogP contribution in [0.3, 0.4) is 0 Å². The molecule has 0 fully saturated rings. The molecule has 0 saturated heterocycles. The molecular weight excluding hydrogens is 392 g/mol. The first-order valence-electron chi connectivity index (χ1n) is 10.1. The van der Waals surface area contributed by atoms with E-state index in [1.54, 1.807) is 11.3 Å². The summed E-state index contributed by atoms with van der Waals surface area (Å²) < 4.78 is 5.11. The Balaban J connectivity index is 1.63. The lowest BCUT2D eigenvalue weighted by atomic mass is 10.00. The first kappa shape index (κ1) is 20.1. The smallest absolute Gasteiger partial charge is 0.338 e. The second-order valence-corrected chi connectivity index (χ2v) is 7.92. The third kappa shape index (κ3) is 4.69. The van der Waals surface area contributed by atoms with E-state index in [0.29, 0.717) is 18.1 Å². The predicted molar refractivity (Wildman–Crippen MR) is 123 cm³/mol. The molecule has 2 aromatic carbocycles. The minimum atomic E-state index is -0.295. The van der Waals surface area contributed by atoms with Gasteiger partial charge in [-0.3, -0.25) is 0 Å². The molecule has 30 heavy (non-hydrogen) atoms. The summed E-state index contributed by atoms with van der Waals surface area (Å²) in [5.74, 6) is 1.03. The van der Waals surface area contributed by atoms with Gasteiger partial charge in [-0.05, 0) is 43.5 Å². The molecule has 0 bridgehead atoms. The van der Waals surface area contributed by atoms with Crippen molar-refractivity contribution in [1.29, 1.82) is 0 Å². The van der Waals surface area contributed by atoms with Crippen molar-refractivity contribution < 1.29 is 9.53 Å². The fraction of sp³-hybridized carbons (Fsp3) is 0.200. The maximum Gasteiger partial charge on any atom is 0.338 e. The first-order valence-corrected chi connectivity index (χ1v) is 11.0. The van der Waals surface area contributed by atoms with Crippen LogP contribution in [0.15, 0.2) is 84.3 Å². The number of thiazole rings is 1. The molecule has 1 heterocycles. The molecular formula is C25H24N2O2S. The zero-order chi connectivity index (χ0) is 20.8. The van der Waals surface area contributed by atoms with Crippen LogP contribution < -0.4 is 4.90 Å². The Hall–Kier alpha value is -3.18. The Morgan fingerprint density at radius 1 is 1.13 bits per heavy atom. The van der Waals surface area contributed by atoms with Gasteiger partial charge >= 0.3 is 5.97 Å². The van der Waals surface area contributed by atoms with E-state index in [-0.39, 0.29) is 5.97 Å². The molecule has 1 unspecified atom stereocenters. The summed E-state index contributed by atoms with van der Waals surface area (Å²) in [5.41, 5.74) is 2.69. The molecule has 0 saturated carbocycles. The van der Waals surface area contributed by atoms with Crippen LogP contribution in [0.2, 0.25) is 0 Å². The third-order valence-electron chi connectivity index (χ3n) is 4.97. The van der Waals surface area contributed by atoms with Crippen molar-refractivity contribution in [1.82, 2.24) is 4.98 Å². The van der Waals surface area contributed by atoms with Crippen molar-refractivity contribution >= 4 is 28.8 Å². The Kier molecular flexibility index (Phi) is 6.40. The maximum absolute atomic E-state index is 12.0. The largest absolute Gasteiger partial charge is 0.462 e. The highest BCUT2D eigenvalue weighted by atomic mass is 32.1. The fourth-order valence-corrected chi connectivity index (χ4v) is 4.24. The second-order valence-electron chi connectivity index (χ2n) is 7.06. The van der Waals surface area contributed by atoms with Crippen LogP contribution in [0, 0.1) is 5.92 Å². The highest BCUT2D eigenvalue weighted by molar-refractivity contribution is 7.13. The predicted octanol–water partition coefficient (Wildman–Crippen LogP) is 6.26. The summed E-state index contributed by atoms with van der Waals surface area (Å²) in [4.78, 5) is 19.2.